The quantitative estimate of drug-likeness (QED) is 0.793. The largest absolute Gasteiger partial charge is 0.387 e. The Hall–Kier alpha value is -0.810. The maximum Gasteiger partial charge on any atom is 0.0922 e. The number of rotatable bonds is 6. The fraction of sp³-hybridized carbons (Fsp3) is 0.333. The van der Waals surface area contributed by atoms with Crippen LogP contribution in [-0.4, -0.2) is 17.9 Å². The maximum absolute atomic E-state index is 10.0. The van der Waals surface area contributed by atoms with Crippen molar-refractivity contribution in [1.82, 2.24) is 5.32 Å². The van der Waals surface area contributed by atoms with E-state index in [0.29, 0.717) is 6.54 Å². The highest BCUT2D eigenvalue weighted by molar-refractivity contribution is 7.98. The molecule has 0 bridgehead atoms. The summed E-state index contributed by atoms with van der Waals surface area (Å²) in [7, 11) is 0. The number of thioether (sulfide) groups is 1. The van der Waals surface area contributed by atoms with Gasteiger partial charge < -0.3 is 10.4 Å². The fourth-order valence-electron chi connectivity index (χ4n) is 1.88. The first kappa shape index (κ1) is 14.6. The van der Waals surface area contributed by atoms with Gasteiger partial charge in [0.05, 0.1) is 6.10 Å². The van der Waals surface area contributed by atoms with Crippen molar-refractivity contribution < 1.29 is 5.11 Å². The molecule has 2 atom stereocenters. The van der Waals surface area contributed by atoms with Crippen LogP contribution in [0.25, 0.3) is 0 Å². The predicted octanol–water partition coefficient (Wildman–Crippen LogP) is 3.85. The summed E-state index contributed by atoms with van der Waals surface area (Å²) in [5.74, 6) is 0. The Bertz CT molecular complexity index is 481. The van der Waals surface area contributed by atoms with Crippen LogP contribution >= 0.6 is 23.1 Å². The van der Waals surface area contributed by atoms with Gasteiger partial charge in [0.1, 0.15) is 0 Å². The van der Waals surface area contributed by atoms with Gasteiger partial charge in [0.2, 0.25) is 0 Å². The zero-order chi connectivity index (χ0) is 13.7. The molecule has 4 heteroatoms. The monoisotopic (exact) mass is 293 g/mol. The van der Waals surface area contributed by atoms with Gasteiger partial charge in [-0.15, -0.1) is 11.8 Å². The van der Waals surface area contributed by atoms with Gasteiger partial charge in [0.25, 0.3) is 0 Å². The highest BCUT2D eigenvalue weighted by Crippen LogP contribution is 2.20. The molecule has 0 saturated heterocycles. The number of aliphatic hydroxyl groups excluding tert-OH is 1. The summed E-state index contributed by atoms with van der Waals surface area (Å²) in [6, 6.07) is 10.8. The minimum atomic E-state index is -0.431. The molecule has 0 spiro atoms. The van der Waals surface area contributed by atoms with E-state index in [1.54, 1.807) is 23.1 Å². The van der Waals surface area contributed by atoms with Crippen LogP contribution in [0.4, 0.5) is 0 Å². The molecule has 0 aliphatic carbocycles. The summed E-state index contributed by atoms with van der Waals surface area (Å²) >= 11 is 3.36. The molecule has 1 aromatic heterocycles. The highest BCUT2D eigenvalue weighted by Gasteiger charge is 2.10. The minimum absolute atomic E-state index is 0.240. The molecule has 2 unspecified atom stereocenters. The summed E-state index contributed by atoms with van der Waals surface area (Å²) in [6.07, 6.45) is 1.65. The lowest BCUT2D eigenvalue weighted by molar-refractivity contribution is 0.171. The molecule has 0 aliphatic heterocycles. The third-order valence-corrected chi connectivity index (χ3v) is 4.61. The van der Waals surface area contributed by atoms with Crippen molar-refractivity contribution in [3.63, 3.8) is 0 Å². The first-order valence-corrected chi connectivity index (χ1v) is 8.45. The van der Waals surface area contributed by atoms with Gasteiger partial charge in [0.15, 0.2) is 0 Å². The predicted molar refractivity (Wildman–Crippen MR) is 83.9 cm³/mol. The Morgan fingerprint density at radius 3 is 2.53 bits per heavy atom. The molecule has 0 amide bonds. The van der Waals surface area contributed by atoms with Crippen molar-refractivity contribution in [2.75, 3.05) is 12.8 Å². The van der Waals surface area contributed by atoms with E-state index < -0.39 is 6.10 Å². The van der Waals surface area contributed by atoms with Crippen molar-refractivity contribution in [2.24, 2.45) is 0 Å². The Balaban J connectivity index is 1.88. The molecular weight excluding hydrogens is 274 g/mol. The first-order chi connectivity index (χ1) is 9.20. The Morgan fingerprint density at radius 1 is 1.21 bits per heavy atom. The van der Waals surface area contributed by atoms with Crippen molar-refractivity contribution in [3.05, 3.63) is 52.2 Å². The Labute approximate surface area is 122 Å². The Morgan fingerprint density at radius 2 is 1.95 bits per heavy atom. The zero-order valence-corrected chi connectivity index (χ0v) is 12.8. The average Bonchev–Trinajstić information content (AvgIpc) is 2.98. The third kappa shape index (κ3) is 4.08. The number of nitrogens with one attached hydrogen (secondary N) is 1. The lowest BCUT2D eigenvalue weighted by Crippen LogP contribution is -2.24. The summed E-state index contributed by atoms with van der Waals surface area (Å²) in [4.78, 5) is 1.27. The normalized spacial score (nSPS) is 14.3. The van der Waals surface area contributed by atoms with E-state index in [1.165, 1.54) is 10.5 Å². The smallest absolute Gasteiger partial charge is 0.0922 e. The molecule has 0 radical (unpaired) electrons. The van der Waals surface area contributed by atoms with Gasteiger partial charge in [-0.1, -0.05) is 12.1 Å². The Kier molecular flexibility index (Phi) is 5.45. The highest BCUT2D eigenvalue weighted by atomic mass is 32.2. The lowest BCUT2D eigenvalue weighted by Gasteiger charge is -2.17. The fourth-order valence-corrected chi connectivity index (χ4v) is 3.00. The van der Waals surface area contributed by atoms with Gasteiger partial charge in [-0.2, -0.15) is 11.3 Å². The van der Waals surface area contributed by atoms with E-state index in [-0.39, 0.29) is 6.04 Å². The van der Waals surface area contributed by atoms with Crippen LogP contribution < -0.4 is 5.32 Å². The molecule has 2 N–H and O–H groups in total. The number of aliphatic hydroxyl groups is 1. The van der Waals surface area contributed by atoms with Crippen LogP contribution in [0, 0.1) is 0 Å². The molecule has 102 valence electrons. The number of hydrogen-bond donors (Lipinski definition) is 2. The first-order valence-electron chi connectivity index (χ1n) is 6.28. The van der Waals surface area contributed by atoms with Crippen molar-refractivity contribution in [1.29, 1.82) is 0 Å². The van der Waals surface area contributed by atoms with Crippen LogP contribution in [0.3, 0.4) is 0 Å². The van der Waals surface area contributed by atoms with Gasteiger partial charge in [0, 0.05) is 17.5 Å². The molecule has 19 heavy (non-hydrogen) atoms. The molecule has 2 rings (SSSR count). The molecule has 0 saturated carbocycles. The van der Waals surface area contributed by atoms with Gasteiger partial charge in [-0.25, -0.2) is 0 Å². The van der Waals surface area contributed by atoms with Gasteiger partial charge in [-0.3, -0.25) is 0 Å². The second-order valence-corrected chi connectivity index (χ2v) is 6.14. The van der Waals surface area contributed by atoms with Crippen molar-refractivity contribution in [3.8, 4) is 0 Å². The number of thiophene rings is 1. The maximum atomic E-state index is 10.0. The molecule has 2 aromatic rings. The van der Waals surface area contributed by atoms with Crippen LogP contribution in [0.2, 0.25) is 0 Å². The molecular formula is C15H19NOS2. The molecule has 0 aliphatic rings. The van der Waals surface area contributed by atoms with E-state index in [1.807, 2.05) is 16.8 Å². The van der Waals surface area contributed by atoms with E-state index >= 15 is 0 Å². The zero-order valence-electron chi connectivity index (χ0n) is 11.2. The molecule has 2 nitrogen and oxygen atoms in total. The topological polar surface area (TPSA) is 32.3 Å². The standard InChI is InChI=1S/C15H19NOS2/c1-11(12-3-5-14(18-2)6-4-12)16-9-15(17)13-7-8-19-10-13/h3-8,10-11,15-17H,9H2,1-2H3. The van der Waals surface area contributed by atoms with Crippen LogP contribution in [-0.2, 0) is 0 Å². The van der Waals surface area contributed by atoms with Gasteiger partial charge >= 0.3 is 0 Å². The summed E-state index contributed by atoms with van der Waals surface area (Å²) in [5, 5.41) is 17.4. The van der Waals surface area contributed by atoms with Gasteiger partial charge in [-0.05, 0) is 53.3 Å². The molecule has 0 fully saturated rings. The van der Waals surface area contributed by atoms with Crippen LogP contribution in [0.1, 0.15) is 30.2 Å². The van der Waals surface area contributed by atoms with Crippen molar-refractivity contribution >= 4 is 23.1 Å². The molecule has 1 heterocycles. The summed E-state index contributed by atoms with van der Waals surface area (Å²) in [5.41, 5.74) is 2.23. The number of benzene rings is 1. The summed E-state index contributed by atoms with van der Waals surface area (Å²) < 4.78 is 0. The third-order valence-electron chi connectivity index (χ3n) is 3.16. The second kappa shape index (κ2) is 7.10. The van der Waals surface area contributed by atoms with Crippen LogP contribution in [0.15, 0.2) is 46.0 Å². The SMILES string of the molecule is CSc1ccc(C(C)NCC(O)c2ccsc2)cc1. The molecule has 1 aromatic carbocycles. The second-order valence-electron chi connectivity index (χ2n) is 4.48. The van der Waals surface area contributed by atoms with E-state index in [4.69, 9.17) is 0 Å². The van der Waals surface area contributed by atoms with E-state index in [9.17, 15) is 5.11 Å². The van der Waals surface area contributed by atoms with E-state index in [0.717, 1.165) is 5.56 Å². The minimum Gasteiger partial charge on any atom is -0.387 e. The van der Waals surface area contributed by atoms with Crippen molar-refractivity contribution in [2.45, 2.75) is 24.0 Å². The number of hydrogen-bond acceptors (Lipinski definition) is 4. The van der Waals surface area contributed by atoms with E-state index in [2.05, 4.69) is 42.8 Å². The lowest BCUT2D eigenvalue weighted by atomic mass is 10.1. The van der Waals surface area contributed by atoms with Crippen LogP contribution in [0.5, 0.6) is 0 Å². The average molecular weight is 293 g/mol. The summed E-state index contributed by atoms with van der Waals surface area (Å²) in [6.45, 7) is 2.69.